The lowest BCUT2D eigenvalue weighted by atomic mass is 10.1. The van der Waals surface area contributed by atoms with E-state index in [1.165, 1.54) is 18.2 Å². The van der Waals surface area contributed by atoms with Crippen molar-refractivity contribution >= 4 is 17.3 Å². The Balaban J connectivity index is 2.28. The van der Waals surface area contributed by atoms with Crippen LogP contribution in [0.25, 0.3) is 0 Å². The van der Waals surface area contributed by atoms with Crippen LogP contribution in [0.5, 0.6) is 0 Å². The van der Waals surface area contributed by atoms with Crippen LogP contribution in [0.15, 0.2) is 18.2 Å². The average Bonchev–Trinajstić information content (AvgIpc) is 2.66. The number of para-hydroxylation sites is 1. The number of anilines is 1. The predicted octanol–water partition coefficient (Wildman–Crippen LogP) is 0.613. The second kappa shape index (κ2) is 5.66. The van der Waals surface area contributed by atoms with Crippen molar-refractivity contribution in [1.29, 1.82) is 0 Å². The zero-order valence-electron chi connectivity index (χ0n) is 10.5. The summed E-state index contributed by atoms with van der Waals surface area (Å²) in [7, 11) is 0. The smallest absolute Gasteiger partial charge is 0.292 e. The molecule has 1 aliphatic heterocycles. The Morgan fingerprint density at radius 2 is 2.16 bits per heavy atom. The monoisotopic (exact) mass is 264 g/mol. The summed E-state index contributed by atoms with van der Waals surface area (Å²) in [6.45, 7) is 2.81. The minimum Gasteiger partial charge on any atom is -0.393 e. The third kappa shape index (κ3) is 2.82. The van der Waals surface area contributed by atoms with Gasteiger partial charge in [0.2, 0.25) is 0 Å². The number of nitrogens with one attached hydrogen (secondary N) is 1. The van der Waals surface area contributed by atoms with Gasteiger partial charge in [0.1, 0.15) is 5.69 Å². The Bertz CT molecular complexity index is 496. The number of benzene rings is 1. The molecule has 3 N–H and O–H groups in total. The Hall–Kier alpha value is -2.15. The molecule has 0 spiro atoms. The molecule has 1 aromatic rings. The molecular formula is C12H16N4O3. The molecule has 0 saturated carbocycles. The van der Waals surface area contributed by atoms with E-state index in [-0.39, 0.29) is 22.8 Å². The van der Waals surface area contributed by atoms with Crippen LogP contribution in [0.1, 0.15) is 16.8 Å². The number of nitro groups is 1. The van der Waals surface area contributed by atoms with E-state index in [0.29, 0.717) is 13.1 Å². The highest BCUT2D eigenvalue weighted by molar-refractivity contribution is 6.01. The standard InChI is InChI=1S/C12H16N4O3/c13-11-9(3-1-4-10(11)16(18)19)12(17)15-7-2-5-14-6-8-15/h1,3-4,14H,2,5-8,13H2. The van der Waals surface area contributed by atoms with E-state index in [2.05, 4.69) is 5.32 Å². The third-order valence-corrected chi connectivity index (χ3v) is 3.14. The largest absolute Gasteiger partial charge is 0.393 e. The van der Waals surface area contributed by atoms with Gasteiger partial charge in [-0.15, -0.1) is 0 Å². The summed E-state index contributed by atoms with van der Waals surface area (Å²) >= 11 is 0. The van der Waals surface area contributed by atoms with E-state index in [0.717, 1.165) is 19.5 Å². The van der Waals surface area contributed by atoms with Gasteiger partial charge in [0.05, 0.1) is 10.5 Å². The fourth-order valence-corrected chi connectivity index (χ4v) is 2.12. The minimum atomic E-state index is -0.573. The molecule has 1 aromatic carbocycles. The number of nitrogens with two attached hydrogens (primary N) is 1. The second-order valence-corrected chi connectivity index (χ2v) is 4.39. The maximum absolute atomic E-state index is 12.3. The first-order valence-electron chi connectivity index (χ1n) is 6.14. The minimum absolute atomic E-state index is 0.0605. The lowest BCUT2D eigenvalue weighted by Crippen LogP contribution is -2.34. The molecule has 0 unspecified atom stereocenters. The third-order valence-electron chi connectivity index (χ3n) is 3.14. The average molecular weight is 264 g/mol. The molecule has 7 heteroatoms. The van der Waals surface area contributed by atoms with Crippen molar-refractivity contribution in [2.45, 2.75) is 6.42 Å². The molecule has 2 rings (SSSR count). The van der Waals surface area contributed by atoms with Crippen molar-refractivity contribution in [3.05, 3.63) is 33.9 Å². The van der Waals surface area contributed by atoms with Gasteiger partial charge in [-0.25, -0.2) is 0 Å². The van der Waals surface area contributed by atoms with Crippen molar-refractivity contribution in [2.24, 2.45) is 0 Å². The number of nitrogen functional groups attached to an aromatic ring is 1. The molecule has 0 radical (unpaired) electrons. The summed E-state index contributed by atoms with van der Waals surface area (Å²) in [5, 5.41) is 14.0. The van der Waals surface area contributed by atoms with E-state index in [1.54, 1.807) is 4.90 Å². The SMILES string of the molecule is Nc1c(C(=O)N2CCCNCC2)cccc1[N+](=O)[O-]. The van der Waals surface area contributed by atoms with Crippen LogP contribution in [0.3, 0.4) is 0 Å². The Kier molecular flexibility index (Phi) is 3.96. The van der Waals surface area contributed by atoms with Crippen LogP contribution in [0.4, 0.5) is 11.4 Å². The predicted molar refractivity (Wildman–Crippen MR) is 70.9 cm³/mol. The topological polar surface area (TPSA) is 102 Å². The first kappa shape index (κ1) is 13.3. The highest BCUT2D eigenvalue weighted by Crippen LogP contribution is 2.25. The van der Waals surface area contributed by atoms with Gasteiger partial charge in [0, 0.05) is 25.7 Å². The molecule has 1 saturated heterocycles. The van der Waals surface area contributed by atoms with Crippen LogP contribution >= 0.6 is 0 Å². The Labute approximate surface area is 110 Å². The molecule has 102 valence electrons. The second-order valence-electron chi connectivity index (χ2n) is 4.39. The summed E-state index contributed by atoms with van der Waals surface area (Å²) in [6.07, 6.45) is 0.862. The van der Waals surface area contributed by atoms with Crippen LogP contribution in [0.2, 0.25) is 0 Å². The van der Waals surface area contributed by atoms with Gasteiger partial charge in [-0.1, -0.05) is 6.07 Å². The number of hydrogen-bond acceptors (Lipinski definition) is 5. The van der Waals surface area contributed by atoms with E-state index in [4.69, 9.17) is 5.73 Å². The quantitative estimate of drug-likeness (QED) is 0.463. The number of nitro benzene ring substituents is 1. The number of rotatable bonds is 2. The molecule has 1 aliphatic rings. The molecule has 0 aromatic heterocycles. The highest BCUT2D eigenvalue weighted by Gasteiger charge is 2.23. The van der Waals surface area contributed by atoms with Gasteiger partial charge in [-0.2, -0.15) is 0 Å². The fourth-order valence-electron chi connectivity index (χ4n) is 2.12. The summed E-state index contributed by atoms with van der Waals surface area (Å²) < 4.78 is 0. The zero-order valence-corrected chi connectivity index (χ0v) is 10.5. The van der Waals surface area contributed by atoms with E-state index in [9.17, 15) is 14.9 Å². The normalized spacial score (nSPS) is 15.9. The molecule has 0 atom stereocenters. The Morgan fingerprint density at radius 3 is 2.89 bits per heavy atom. The van der Waals surface area contributed by atoms with Crippen LogP contribution in [0, 0.1) is 10.1 Å². The molecule has 1 heterocycles. The number of hydrogen-bond donors (Lipinski definition) is 2. The van der Waals surface area contributed by atoms with E-state index < -0.39 is 4.92 Å². The zero-order chi connectivity index (χ0) is 13.8. The van der Waals surface area contributed by atoms with Gasteiger partial charge in [0.25, 0.3) is 11.6 Å². The number of carbonyl (C=O) groups excluding carboxylic acids is 1. The lowest BCUT2D eigenvalue weighted by Gasteiger charge is -2.20. The van der Waals surface area contributed by atoms with Gasteiger partial charge >= 0.3 is 0 Å². The van der Waals surface area contributed by atoms with Crippen molar-refractivity contribution < 1.29 is 9.72 Å². The van der Waals surface area contributed by atoms with E-state index in [1.807, 2.05) is 0 Å². The fraction of sp³-hybridized carbons (Fsp3) is 0.417. The number of amides is 1. The summed E-state index contributed by atoms with van der Waals surface area (Å²) in [5.74, 6) is -0.245. The number of carbonyl (C=O) groups is 1. The summed E-state index contributed by atoms with van der Waals surface area (Å²) in [5.41, 5.74) is 5.65. The van der Waals surface area contributed by atoms with Crippen LogP contribution in [-0.2, 0) is 0 Å². The maximum Gasteiger partial charge on any atom is 0.292 e. The van der Waals surface area contributed by atoms with Gasteiger partial charge in [-0.3, -0.25) is 14.9 Å². The summed E-state index contributed by atoms with van der Waals surface area (Å²) in [6, 6.07) is 4.32. The summed E-state index contributed by atoms with van der Waals surface area (Å²) in [4.78, 5) is 24.3. The maximum atomic E-state index is 12.3. The van der Waals surface area contributed by atoms with Gasteiger partial charge in [0.15, 0.2) is 0 Å². The molecule has 1 amide bonds. The molecule has 19 heavy (non-hydrogen) atoms. The number of nitrogens with zero attached hydrogens (tertiary/aromatic N) is 2. The van der Waals surface area contributed by atoms with Crippen LogP contribution in [-0.4, -0.2) is 41.9 Å². The van der Waals surface area contributed by atoms with Gasteiger partial charge in [-0.05, 0) is 19.0 Å². The van der Waals surface area contributed by atoms with Crippen molar-refractivity contribution in [2.75, 3.05) is 31.9 Å². The van der Waals surface area contributed by atoms with Gasteiger partial charge < -0.3 is 16.0 Å². The van der Waals surface area contributed by atoms with E-state index >= 15 is 0 Å². The first-order valence-corrected chi connectivity index (χ1v) is 6.14. The molecule has 7 nitrogen and oxygen atoms in total. The van der Waals surface area contributed by atoms with Crippen LogP contribution < -0.4 is 11.1 Å². The molecule has 0 aliphatic carbocycles. The van der Waals surface area contributed by atoms with Crippen molar-refractivity contribution in [1.82, 2.24) is 10.2 Å². The Morgan fingerprint density at radius 1 is 1.37 bits per heavy atom. The highest BCUT2D eigenvalue weighted by atomic mass is 16.6. The molecule has 0 bridgehead atoms. The first-order chi connectivity index (χ1) is 9.11. The van der Waals surface area contributed by atoms with Crippen molar-refractivity contribution in [3.63, 3.8) is 0 Å². The lowest BCUT2D eigenvalue weighted by molar-refractivity contribution is -0.383. The molecular weight excluding hydrogens is 248 g/mol. The van der Waals surface area contributed by atoms with Crippen molar-refractivity contribution in [3.8, 4) is 0 Å². The molecule has 1 fully saturated rings.